The molecule has 0 atom stereocenters. The number of nitrogens with one attached hydrogen (secondary N) is 2. The fourth-order valence-electron chi connectivity index (χ4n) is 3.19. The van der Waals surface area contributed by atoms with E-state index in [4.69, 9.17) is 0 Å². The molecule has 0 radical (unpaired) electrons. The number of amides is 1. The number of carbonyl (C=O) groups is 1. The Morgan fingerprint density at radius 3 is 2.34 bits per heavy atom. The van der Waals surface area contributed by atoms with Crippen LogP contribution in [0.2, 0.25) is 0 Å². The quantitative estimate of drug-likeness (QED) is 0.421. The number of aliphatic imine (C=N–C) groups is 1. The summed E-state index contributed by atoms with van der Waals surface area (Å²) in [6, 6.07) is 12.5. The van der Waals surface area contributed by atoms with Gasteiger partial charge >= 0.3 is 6.61 Å². The molecule has 0 unspecified atom stereocenters. The molecule has 0 aliphatic carbocycles. The van der Waals surface area contributed by atoms with Crippen molar-refractivity contribution >= 4 is 11.9 Å². The Morgan fingerprint density at radius 1 is 1.06 bits per heavy atom. The molecule has 0 fully saturated rings. The molecule has 0 aliphatic heterocycles. The van der Waals surface area contributed by atoms with Gasteiger partial charge in [-0.2, -0.15) is 8.78 Å². The van der Waals surface area contributed by atoms with Crippen molar-refractivity contribution in [3.8, 4) is 5.75 Å². The van der Waals surface area contributed by atoms with Crippen LogP contribution in [0.4, 0.5) is 8.78 Å². The van der Waals surface area contributed by atoms with Crippen LogP contribution in [-0.4, -0.2) is 43.0 Å². The first-order chi connectivity index (χ1) is 15.4. The van der Waals surface area contributed by atoms with Crippen LogP contribution in [0.25, 0.3) is 0 Å². The summed E-state index contributed by atoms with van der Waals surface area (Å²) in [5, 5.41) is 6.31. The van der Waals surface area contributed by atoms with Crippen molar-refractivity contribution < 1.29 is 18.3 Å². The molecule has 2 aromatic carbocycles. The minimum Gasteiger partial charge on any atom is -0.434 e. The predicted octanol–water partition coefficient (Wildman–Crippen LogP) is 4.33. The molecule has 32 heavy (non-hydrogen) atoms. The number of benzene rings is 2. The van der Waals surface area contributed by atoms with Gasteiger partial charge in [-0.05, 0) is 51.5 Å². The monoisotopic (exact) mass is 446 g/mol. The molecule has 2 aromatic rings. The zero-order chi connectivity index (χ0) is 23.5. The highest BCUT2D eigenvalue weighted by atomic mass is 19.3. The van der Waals surface area contributed by atoms with E-state index in [9.17, 15) is 13.6 Å². The van der Waals surface area contributed by atoms with E-state index in [1.165, 1.54) is 0 Å². The van der Waals surface area contributed by atoms with Crippen molar-refractivity contribution in [1.29, 1.82) is 0 Å². The number of guanidine groups is 1. The Kier molecular flexibility index (Phi) is 9.91. The molecule has 0 bridgehead atoms. The van der Waals surface area contributed by atoms with Gasteiger partial charge in [0.15, 0.2) is 5.96 Å². The van der Waals surface area contributed by atoms with Gasteiger partial charge in [0.25, 0.3) is 5.91 Å². The van der Waals surface area contributed by atoms with Crippen LogP contribution in [-0.2, 0) is 13.1 Å². The molecule has 8 heteroatoms. The minimum atomic E-state index is -2.88. The molecule has 1 amide bonds. The number of nitrogens with zero attached hydrogens (tertiary/aromatic N) is 2. The van der Waals surface area contributed by atoms with Gasteiger partial charge < -0.3 is 20.3 Å². The molecule has 0 aromatic heterocycles. The highest BCUT2D eigenvalue weighted by molar-refractivity contribution is 5.94. The Bertz CT molecular complexity index is 897. The molecule has 0 saturated carbocycles. The SMILES string of the molecule is CCNC(=NCc1ccc(C(=O)N(CC)CC)cc1)NCc1cc(C)ccc1OC(F)F. The van der Waals surface area contributed by atoms with E-state index < -0.39 is 6.61 Å². The van der Waals surface area contributed by atoms with Gasteiger partial charge in [-0.25, -0.2) is 4.99 Å². The van der Waals surface area contributed by atoms with Crippen LogP contribution < -0.4 is 15.4 Å². The van der Waals surface area contributed by atoms with Crippen LogP contribution >= 0.6 is 0 Å². The van der Waals surface area contributed by atoms with E-state index >= 15 is 0 Å². The van der Waals surface area contributed by atoms with E-state index in [1.54, 1.807) is 23.1 Å². The maximum atomic E-state index is 12.7. The fourth-order valence-corrected chi connectivity index (χ4v) is 3.19. The first-order valence-electron chi connectivity index (χ1n) is 10.8. The van der Waals surface area contributed by atoms with Gasteiger partial charge in [0.05, 0.1) is 6.54 Å². The topological polar surface area (TPSA) is 66.0 Å². The molecule has 0 spiro atoms. The number of ether oxygens (including phenoxy) is 1. The lowest BCUT2D eigenvalue weighted by Gasteiger charge is -2.18. The van der Waals surface area contributed by atoms with Crippen molar-refractivity contribution in [3.63, 3.8) is 0 Å². The van der Waals surface area contributed by atoms with E-state index in [0.29, 0.717) is 43.3 Å². The summed E-state index contributed by atoms with van der Waals surface area (Å²) in [6.07, 6.45) is 0. The highest BCUT2D eigenvalue weighted by Gasteiger charge is 2.12. The Labute approximate surface area is 188 Å². The molecule has 0 heterocycles. The van der Waals surface area contributed by atoms with Crippen LogP contribution in [0.5, 0.6) is 5.75 Å². The minimum absolute atomic E-state index is 0.0139. The first-order valence-corrected chi connectivity index (χ1v) is 10.8. The summed E-state index contributed by atoms with van der Waals surface area (Å²) in [7, 11) is 0. The van der Waals surface area contributed by atoms with Gasteiger partial charge in [-0.3, -0.25) is 4.79 Å². The second-order valence-electron chi connectivity index (χ2n) is 7.21. The van der Waals surface area contributed by atoms with E-state index in [2.05, 4.69) is 20.4 Å². The van der Waals surface area contributed by atoms with Crippen molar-refractivity contribution in [3.05, 3.63) is 64.7 Å². The Morgan fingerprint density at radius 2 is 1.75 bits per heavy atom. The van der Waals surface area contributed by atoms with Crippen molar-refractivity contribution in [2.75, 3.05) is 19.6 Å². The highest BCUT2D eigenvalue weighted by Crippen LogP contribution is 2.22. The summed E-state index contributed by atoms with van der Waals surface area (Å²) in [5.74, 6) is 0.711. The summed E-state index contributed by atoms with van der Waals surface area (Å²) in [4.78, 5) is 18.8. The lowest BCUT2D eigenvalue weighted by atomic mass is 10.1. The molecule has 0 saturated heterocycles. The molecular formula is C24H32F2N4O2. The van der Waals surface area contributed by atoms with Gasteiger partial charge in [0, 0.05) is 37.3 Å². The molecular weight excluding hydrogens is 414 g/mol. The third kappa shape index (κ3) is 7.51. The van der Waals surface area contributed by atoms with E-state index in [0.717, 1.165) is 11.1 Å². The number of halogens is 2. The number of alkyl halides is 2. The number of hydrogen-bond acceptors (Lipinski definition) is 3. The Hall–Kier alpha value is -3.16. The largest absolute Gasteiger partial charge is 0.434 e. The van der Waals surface area contributed by atoms with Gasteiger partial charge in [0.2, 0.25) is 0 Å². The smallest absolute Gasteiger partial charge is 0.387 e. The predicted molar refractivity (Wildman–Crippen MR) is 123 cm³/mol. The zero-order valence-corrected chi connectivity index (χ0v) is 19.1. The van der Waals surface area contributed by atoms with Crippen molar-refractivity contribution in [1.82, 2.24) is 15.5 Å². The summed E-state index contributed by atoms with van der Waals surface area (Å²) >= 11 is 0. The molecule has 174 valence electrons. The number of carbonyl (C=O) groups excluding carboxylic acids is 1. The maximum Gasteiger partial charge on any atom is 0.387 e. The summed E-state index contributed by atoms with van der Waals surface area (Å²) < 4.78 is 30.0. The average molecular weight is 447 g/mol. The van der Waals surface area contributed by atoms with E-state index in [1.807, 2.05) is 52.0 Å². The third-order valence-corrected chi connectivity index (χ3v) is 4.89. The van der Waals surface area contributed by atoms with Crippen LogP contribution in [0.3, 0.4) is 0 Å². The molecule has 6 nitrogen and oxygen atoms in total. The van der Waals surface area contributed by atoms with Crippen LogP contribution in [0, 0.1) is 6.92 Å². The molecule has 2 rings (SSSR count). The third-order valence-electron chi connectivity index (χ3n) is 4.89. The number of aryl methyl sites for hydroxylation is 1. The normalized spacial score (nSPS) is 11.4. The van der Waals surface area contributed by atoms with Gasteiger partial charge in [0.1, 0.15) is 5.75 Å². The number of hydrogen-bond donors (Lipinski definition) is 2. The molecule has 2 N–H and O–H groups in total. The van der Waals surface area contributed by atoms with Gasteiger partial charge in [-0.1, -0.05) is 29.8 Å². The lowest BCUT2D eigenvalue weighted by molar-refractivity contribution is -0.0504. The fraction of sp³-hybridized carbons (Fsp3) is 0.417. The standard InChI is InChI=1S/C24H32F2N4O2/c1-5-27-24(29-16-20-14-17(4)8-13-21(20)32-23(25)26)28-15-18-9-11-19(12-10-18)22(31)30(6-2)7-3/h8-14,23H,5-7,15-16H2,1-4H3,(H2,27,28,29). The molecule has 0 aliphatic rings. The van der Waals surface area contributed by atoms with E-state index in [-0.39, 0.29) is 18.2 Å². The average Bonchev–Trinajstić information content (AvgIpc) is 2.78. The van der Waals surface area contributed by atoms with Crippen LogP contribution in [0.1, 0.15) is 47.8 Å². The van der Waals surface area contributed by atoms with Crippen molar-refractivity contribution in [2.24, 2.45) is 4.99 Å². The second-order valence-corrected chi connectivity index (χ2v) is 7.21. The summed E-state index contributed by atoms with van der Waals surface area (Å²) in [5.41, 5.74) is 3.17. The maximum absolute atomic E-state index is 12.7. The Balaban J connectivity index is 2.06. The number of rotatable bonds is 10. The van der Waals surface area contributed by atoms with Crippen molar-refractivity contribution in [2.45, 2.75) is 47.4 Å². The van der Waals surface area contributed by atoms with Gasteiger partial charge in [-0.15, -0.1) is 0 Å². The second kappa shape index (κ2) is 12.6. The lowest BCUT2D eigenvalue weighted by Crippen LogP contribution is -2.37. The first kappa shape index (κ1) is 25.1. The van der Waals surface area contributed by atoms with Crippen LogP contribution in [0.15, 0.2) is 47.5 Å². The summed E-state index contributed by atoms with van der Waals surface area (Å²) in [6.45, 7) is 7.56. The zero-order valence-electron chi connectivity index (χ0n) is 19.1.